The van der Waals surface area contributed by atoms with Gasteiger partial charge in [-0.1, -0.05) is 11.8 Å². The standard InChI is InChI=1S/C7H13N3OS/c1-5(4-6(8)11)10-7-9-2-3-12-7/h5H,2-4H2,1H3,(H2,8,11)(H,9,10). The number of rotatable bonds is 3. The Morgan fingerprint density at radius 3 is 3.17 bits per heavy atom. The predicted molar refractivity (Wildman–Crippen MR) is 51.2 cm³/mol. The van der Waals surface area contributed by atoms with Crippen LogP contribution in [0.1, 0.15) is 13.3 Å². The molecule has 0 aromatic rings. The molecule has 5 heteroatoms. The number of aliphatic imine (C=N–C) groups is 1. The van der Waals surface area contributed by atoms with Crippen LogP contribution in [0.4, 0.5) is 0 Å². The van der Waals surface area contributed by atoms with E-state index in [0.717, 1.165) is 17.5 Å². The van der Waals surface area contributed by atoms with Gasteiger partial charge in [-0.05, 0) is 6.92 Å². The maximum atomic E-state index is 10.5. The molecule has 1 aliphatic heterocycles. The van der Waals surface area contributed by atoms with Crippen LogP contribution >= 0.6 is 11.8 Å². The number of amides is 1. The molecule has 1 heterocycles. The average Bonchev–Trinajstić information content (AvgIpc) is 2.37. The van der Waals surface area contributed by atoms with E-state index in [4.69, 9.17) is 5.73 Å². The maximum absolute atomic E-state index is 10.5. The number of primary amides is 1. The Kier molecular flexibility index (Phi) is 3.40. The summed E-state index contributed by atoms with van der Waals surface area (Å²) in [7, 11) is 0. The summed E-state index contributed by atoms with van der Waals surface area (Å²) in [5.74, 6) is 0.754. The molecular weight excluding hydrogens is 174 g/mol. The number of nitrogens with two attached hydrogens (primary N) is 1. The molecule has 0 fully saturated rings. The van der Waals surface area contributed by atoms with Gasteiger partial charge in [0.05, 0.1) is 6.54 Å². The van der Waals surface area contributed by atoms with Gasteiger partial charge in [0.15, 0.2) is 5.17 Å². The van der Waals surface area contributed by atoms with Crippen LogP contribution in [-0.4, -0.2) is 29.4 Å². The Labute approximate surface area is 76.0 Å². The van der Waals surface area contributed by atoms with E-state index in [9.17, 15) is 4.79 Å². The predicted octanol–water partition coefficient (Wildman–Crippen LogP) is -0.0573. The summed E-state index contributed by atoms with van der Waals surface area (Å²) < 4.78 is 0. The number of carbonyl (C=O) groups is 1. The fraction of sp³-hybridized carbons (Fsp3) is 0.714. The zero-order chi connectivity index (χ0) is 8.97. The van der Waals surface area contributed by atoms with E-state index in [0.29, 0.717) is 6.42 Å². The Bertz CT molecular complexity index is 205. The van der Waals surface area contributed by atoms with Crippen molar-refractivity contribution in [2.45, 2.75) is 19.4 Å². The van der Waals surface area contributed by atoms with Crippen LogP contribution in [0, 0.1) is 0 Å². The normalized spacial score (nSPS) is 18.6. The lowest BCUT2D eigenvalue weighted by Crippen LogP contribution is -2.33. The number of nitrogens with zero attached hydrogens (tertiary/aromatic N) is 1. The molecule has 0 saturated heterocycles. The second kappa shape index (κ2) is 4.35. The molecule has 1 aliphatic rings. The van der Waals surface area contributed by atoms with Crippen LogP contribution in [-0.2, 0) is 4.79 Å². The zero-order valence-electron chi connectivity index (χ0n) is 7.04. The number of hydrogen-bond acceptors (Lipinski definition) is 4. The Morgan fingerprint density at radius 1 is 1.92 bits per heavy atom. The molecule has 1 amide bonds. The fourth-order valence-electron chi connectivity index (χ4n) is 0.986. The summed E-state index contributed by atoms with van der Waals surface area (Å²) >= 11 is 1.68. The quantitative estimate of drug-likeness (QED) is 0.650. The number of nitrogens with one attached hydrogen (secondary N) is 1. The SMILES string of the molecule is CC(CC(N)=O)NC1=NCCS1. The van der Waals surface area contributed by atoms with Crippen molar-refractivity contribution in [1.82, 2.24) is 5.32 Å². The zero-order valence-corrected chi connectivity index (χ0v) is 7.86. The van der Waals surface area contributed by atoms with Gasteiger partial charge in [-0.25, -0.2) is 0 Å². The molecule has 0 bridgehead atoms. The van der Waals surface area contributed by atoms with Crippen LogP contribution in [0.15, 0.2) is 4.99 Å². The third-order valence-corrected chi connectivity index (χ3v) is 2.37. The Morgan fingerprint density at radius 2 is 2.67 bits per heavy atom. The molecule has 4 nitrogen and oxygen atoms in total. The van der Waals surface area contributed by atoms with Gasteiger partial charge in [-0.15, -0.1) is 0 Å². The van der Waals surface area contributed by atoms with Gasteiger partial charge in [-0.2, -0.15) is 0 Å². The third kappa shape index (κ3) is 3.13. The van der Waals surface area contributed by atoms with Gasteiger partial charge >= 0.3 is 0 Å². The third-order valence-electron chi connectivity index (χ3n) is 1.46. The molecule has 1 unspecified atom stereocenters. The first-order valence-corrected chi connectivity index (χ1v) is 4.89. The molecule has 3 N–H and O–H groups in total. The first-order valence-electron chi connectivity index (χ1n) is 3.90. The van der Waals surface area contributed by atoms with Crippen LogP contribution in [0.5, 0.6) is 0 Å². The number of amidine groups is 1. The lowest BCUT2D eigenvalue weighted by atomic mass is 10.2. The highest BCUT2D eigenvalue weighted by atomic mass is 32.2. The number of thioether (sulfide) groups is 1. The maximum Gasteiger partial charge on any atom is 0.219 e. The van der Waals surface area contributed by atoms with Crippen LogP contribution in [0.2, 0.25) is 0 Å². The minimum Gasteiger partial charge on any atom is -0.370 e. The molecule has 0 aromatic carbocycles. The van der Waals surface area contributed by atoms with Crippen molar-refractivity contribution in [3.05, 3.63) is 0 Å². The van der Waals surface area contributed by atoms with Gasteiger partial charge in [0.2, 0.25) is 5.91 Å². The van der Waals surface area contributed by atoms with Crippen molar-refractivity contribution in [1.29, 1.82) is 0 Å². The lowest BCUT2D eigenvalue weighted by molar-refractivity contribution is -0.118. The van der Waals surface area contributed by atoms with Crippen molar-refractivity contribution < 1.29 is 4.79 Å². The molecule has 1 atom stereocenters. The van der Waals surface area contributed by atoms with Crippen molar-refractivity contribution in [3.63, 3.8) is 0 Å². The summed E-state index contributed by atoms with van der Waals surface area (Å²) in [4.78, 5) is 14.7. The average molecular weight is 187 g/mol. The largest absolute Gasteiger partial charge is 0.370 e. The summed E-state index contributed by atoms with van der Waals surface area (Å²) in [5.41, 5.74) is 5.04. The first kappa shape index (κ1) is 9.38. The van der Waals surface area contributed by atoms with Gasteiger partial charge in [-0.3, -0.25) is 9.79 Å². The minimum atomic E-state index is -0.279. The highest BCUT2D eigenvalue weighted by Gasteiger charge is 2.11. The van der Waals surface area contributed by atoms with E-state index in [1.54, 1.807) is 11.8 Å². The first-order chi connectivity index (χ1) is 5.68. The van der Waals surface area contributed by atoms with E-state index >= 15 is 0 Å². The number of hydrogen-bond donors (Lipinski definition) is 2. The number of carbonyl (C=O) groups excluding carboxylic acids is 1. The molecule has 0 saturated carbocycles. The van der Waals surface area contributed by atoms with Crippen molar-refractivity contribution >= 4 is 22.8 Å². The molecule has 68 valence electrons. The minimum absolute atomic E-state index is 0.0897. The van der Waals surface area contributed by atoms with Crippen LogP contribution in [0.3, 0.4) is 0 Å². The van der Waals surface area contributed by atoms with Gasteiger partial charge in [0.25, 0.3) is 0 Å². The molecule has 0 spiro atoms. The van der Waals surface area contributed by atoms with Crippen molar-refractivity contribution in [3.8, 4) is 0 Å². The van der Waals surface area contributed by atoms with Gasteiger partial charge < -0.3 is 11.1 Å². The molecular formula is C7H13N3OS. The van der Waals surface area contributed by atoms with E-state index < -0.39 is 0 Å². The fourth-order valence-corrected chi connectivity index (χ4v) is 1.83. The van der Waals surface area contributed by atoms with Crippen LogP contribution in [0.25, 0.3) is 0 Å². The molecule has 0 aliphatic carbocycles. The smallest absolute Gasteiger partial charge is 0.219 e. The molecule has 0 radical (unpaired) electrons. The highest BCUT2D eigenvalue weighted by Crippen LogP contribution is 2.09. The lowest BCUT2D eigenvalue weighted by Gasteiger charge is -2.11. The van der Waals surface area contributed by atoms with E-state index in [1.165, 1.54) is 0 Å². The molecule has 0 aromatic heterocycles. The van der Waals surface area contributed by atoms with Gasteiger partial charge in [0.1, 0.15) is 0 Å². The highest BCUT2D eigenvalue weighted by molar-refractivity contribution is 8.14. The van der Waals surface area contributed by atoms with Crippen molar-refractivity contribution in [2.24, 2.45) is 10.7 Å². The van der Waals surface area contributed by atoms with E-state index in [2.05, 4.69) is 10.3 Å². The molecule has 12 heavy (non-hydrogen) atoms. The summed E-state index contributed by atoms with van der Waals surface area (Å²) in [6, 6.07) is 0.0897. The molecule has 1 rings (SSSR count). The van der Waals surface area contributed by atoms with Gasteiger partial charge in [0, 0.05) is 18.2 Å². The summed E-state index contributed by atoms with van der Waals surface area (Å²) in [6.07, 6.45) is 0.361. The summed E-state index contributed by atoms with van der Waals surface area (Å²) in [6.45, 7) is 2.79. The van der Waals surface area contributed by atoms with E-state index in [1.807, 2.05) is 6.92 Å². The Hall–Kier alpha value is -0.710. The monoisotopic (exact) mass is 187 g/mol. The summed E-state index contributed by atoms with van der Waals surface area (Å²) in [5, 5.41) is 4.06. The van der Waals surface area contributed by atoms with E-state index in [-0.39, 0.29) is 11.9 Å². The van der Waals surface area contributed by atoms with Crippen molar-refractivity contribution in [2.75, 3.05) is 12.3 Å². The van der Waals surface area contributed by atoms with Crippen LogP contribution < -0.4 is 11.1 Å². The second-order valence-electron chi connectivity index (χ2n) is 2.75. The topological polar surface area (TPSA) is 67.5 Å². The Balaban J connectivity index is 2.25. The second-order valence-corrected chi connectivity index (χ2v) is 3.83.